The number of aromatic nitrogens is 2. The third kappa shape index (κ3) is 1.73. The van der Waals surface area contributed by atoms with E-state index in [1.807, 2.05) is 6.07 Å². The first kappa shape index (κ1) is 10.8. The highest BCUT2D eigenvalue weighted by atomic mass is 16.4. The van der Waals surface area contributed by atoms with Crippen LogP contribution in [0.3, 0.4) is 0 Å². The van der Waals surface area contributed by atoms with E-state index in [-0.39, 0.29) is 11.7 Å². The number of nitrogens with zero attached hydrogens (tertiary/aromatic N) is 2. The van der Waals surface area contributed by atoms with Gasteiger partial charge in [0.25, 0.3) is 0 Å². The van der Waals surface area contributed by atoms with Crippen LogP contribution in [0.4, 0.5) is 5.82 Å². The van der Waals surface area contributed by atoms with Gasteiger partial charge in [-0.3, -0.25) is 4.40 Å². The Morgan fingerprint density at radius 2 is 2.17 bits per heavy atom. The molecule has 5 heteroatoms. The molecule has 18 heavy (non-hydrogen) atoms. The average Bonchev–Trinajstić information content (AvgIpc) is 2.95. The molecule has 92 valence electrons. The molecular weight excluding hydrogens is 230 g/mol. The van der Waals surface area contributed by atoms with Crippen molar-refractivity contribution in [3.05, 3.63) is 42.2 Å². The predicted octanol–water partition coefficient (Wildman–Crippen LogP) is 2.16. The van der Waals surface area contributed by atoms with Gasteiger partial charge < -0.3 is 10.4 Å². The summed E-state index contributed by atoms with van der Waals surface area (Å²) >= 11 is 0. The van der Waals surface area contributed by atoms with Crippen molar-refractivity contribution in [1.29, 1.82) is 0 Å². The van der Waals surface area contributed by atoms with E-state index in [1.165, 1.54) is 0 Å². The zero-order chi connectivity index (χ0) is 12.5. The van der Waals surface area contributed by atoms with Gasteiger partial charge in [-0.25, -0.2) is 9.78 Å². The van der Waals surface area contributed by atoms with Crippen molar-refractivity contribution in [3.63, 3.8) is 0 Å². The molecule has 5 nitrogen and oxygen atoms in total. The smallest absolute Gasteiger partial charge is 0.356 e. The highest BCUT2D eigenvalue weighted by Gasteiger charge is 2.21. The normalized spacial score (nSPS) is 15.3. The fourth-order valence-electron chi connectivity index (χ4n) is 2.23. The molecule has 0 bridgehead atoms. The minimum Gasteiger partial charge on any atom is -0.476 e. The minimum atomic E-state index is -0.970. The molecule has 0 amide bonds. The maximum atomic E-state index is 11.4. The number of hydrogen-bond donors (Lipinski definition) is 2. The number of carbonyl (C=O) groups is 1. The zero-order valence-electron chi connectivity index (χ0n) is 9.71. The number of pyridine rings is 1. The van der Waals surface area contributed by atoms with Crippen LogP contribution in [0.5, 0.6) is 0 Å². The molecule has 2 heterocycles. The van der Waals surface area contributed by atoms with E-state index in [0.29, 0.717) is 11.5 Å². The van der Waals surface area contributed by atoms with E-state index >= 15 is 0 Å². The summed E-state index contributed by atoms with van der Waals surface area (Å²) in [6.45, 7) is 0. The lowest BCUT2D eigenvalue weighted by atomic mass is 10.2. The topological polar surface area (TPSA) is 66.6 Å². The van der Waals surface area contributed by atoms with Crippen LogP contribution in [0.1, 0.15) is 23.3 Å². The molecule has 0 fully saturated rings. The van der Waals surface area contributed by atoms with Gasteiger partial charge in [0.1, 0.15) is 5.65 Å². The Hall–Kier alpha value is -2.30. The molecule has 0 radical (unpaired) electrons. The first-order valence-electron chi connectivity index (χ1n) is 5.87. The molecule has 2 N–H and O–H groups in total. The molecule has 0 spiro atoms. The fourth-order valence-corrected chi connectivity index (χ4v) is 2.23. The van der Waals surface area contributed by atoms with Crippen molar-refractivity contribution in [2.75, 3.05) is 5.32 Å². The van der Waals surface area contributed by atoms with Gasteiger partial charge in [-0.05, 0) is 25.0 Å². The van der Waals surface area contributed by atoms with E-state index in [2.05, 4.69) is 22.5 Å². The Bertz CT molecular complexity index is 622. The van der Waals surface area contributed by atoms with Gasteiger partial charge in [0.05, 0.1) is 0 Å². The van der Waals surface area contributed by atoms with Gasteiger partial charge in [0.2, 0.25) is 0 Å². The van der Waals surface area contributed by atoms with E-state index in [9.17, 15) is 9.90 Å². The van der Waals surface area contributed by atoms with Crippen LogP contribution in [0.25, 0.3) is 5.65 Å². The molecule has 0 atom stereocenters. The quantitative estimate of drug-likeness (QED) is 0.811. The molecule has 1 aliphatic carbocycles. The summed E-state index contributed by atoms with van der Waals surface area (Å²) in [6, 6.07) is 5.68. The average molecular weight is 243 g/mol. The molecule has 1 aliphatic rings. The van der Waals surface area contributed by atoms with Crippen molar-refractivity contribution in [1.82, 2.24) is 9.38 Å². The maximum Gasteiger partial charge on any atom is 0.356 e. The second kappa shape index (κ2) is 4.18. The standard InChI is InChI=1S/C13H13N3O2/c17-13(18)11-12(14-9-5-1-2-6-9)15-10-7-3-4-8-16(10)11/h1-4,7-9,14H,5-6H2,(H,17,18). The summed E-state index contributed by atoms with van der Waals surface area (Å²) in [5.74, 6) is -0.524. The summed E-state index contributed by atoms with van der Waals surface area (Å²) in [4.78, 5) is 15.7. The van der Waals surface area contributed by atoms with Crippen LogP contribution < -0.4 is 5.32 Å². The molecule has 0 aliphatic heterocycles. The number of imidazole rings is 1. The third-order valence-electron chi connectivity index (χ3n) is 3.08. The van der Waals surface area contributed by atoms with E-state index in [1.54, 1.807) is 22.7 Å². The van der Waals surface area contributed by atoms with Gasteiger partial charge >= 0.3 is 5.97 Å². The second-order valence-electron chi connectivity index (χ2n) is 4.33. The van der Waals surface area contributed by atoms with Crippen molar-refractivity contribution < 1.29 is 9.90 Å². The first-order chi connectivity index (χ1) is 8.75. The molecule has 0 saturated carbocycles. The van der Waals surface area contributed by atoms with Gasteiger partial charge in [-0.15, -0.1) is 0 Å². The van der Waals surface area contributed by atoms with E-state index < -0.39 is 5.97 Å². The van der Waals surface area contributed by atoms with Crippen molar-refractivity contribution >= 4 is 17.4 Å². The number of hydrogen-bond acceptors (Lipinski definition) is 3. The number of fused-ring (bicyclic) bond motifs is 1. The zero-order valence-corrected chi connectivity index (χ0v) is 9.71. The highest BCUT2D eigenvalue weighted by Crippen LogP contribution is 2.21. The summed E-state index contributed by atoms with van der Waals surface area (Å²) in [5.41, 5.74) is 0.834. The fraction of sp³-hybridized carbons (Fsp3) is 0.231. The van der Waals surface area contributed by atoms with Gasteiger partial charge in [-0.2, -0.15) is 0 Å². The van der Waals surface area contributed by atoms with Gasteiger partial charge in [0, 0.05) is 12.2 Å². The lowest BCUT2D eigenvalue weighted by Crippen LogP contribution is -2.17. The maximum absolute atomic E-state index is 11.4. The molecule has 2 aromatic rings. The van der Waals surface area contributed by atoms with Crippen LogP contribution in [-0.2, 0) is 0 Å². The lowest BCUT2D eigenvalue weighted by Gasteiger charge is -2.11. The molecule has 3 rings (SSSR count). The monoisotopic (exact) mass is 243 g/mol. The van der Waals surface area contributed by atoms with Crippen LogP contribution >= 0.6 is 0 Å². The van der Waals surface area contributed by atoms with Crippen LogP contribution in [-0.4, -0.2) is 26.5 Å². The largest absolute Gasteiger partial charge is 0.476 e. The van der Waals surface area contributed by atoms with Crippen LogP contribution in [0, 0.1) is 0 Å². The number of rotatable bonds is 3. The molecule has 0 saturated heterocycles. The first-order valence-corrected chi connectivity index (χ1v) is 5.87. The number of carboxylic acid groups (broad SMARTS) is 1. The second-order valence-corrected chi connectivity index (χ2v) is 4.33. The Balaban J connectivity index is 2.04. The number of carboxylic acids is 1. The Morgan fingerprint density at radius 1 is 1.39 bits per heavy atom. The van der Waals surface area contributed by atoms with Crippen molar-refractivity contribution in [2.45, 2.75) is 18.9 Å². The lowest BCUT2D eigenvalue weighted by molar-refractivity contribution is 0.0690. The summed E-state index contributed by atoms with van der Waals surface area (Å²) in [5, 5.41) is 12.5. The van der Waals surface area contributed by atoms with Crippen molar-refractivity contribution in [2.24, 2.45) is 0 Å². The number of nitrogens with one attached hydrogen (secondary N) is 1. The number of aromatic carboxylic acids is 1. The molecular formula is C13H13N3O2. The Labute approximate surface area is 104 Å². The minimum absolute atomic E-state index is 0.192. The third-order valence-corrected chi connectivity index (χ3v) is 3.08. The summed E-state index contributed by atoms with van der Waals surface area (Å²) < 4.78 is 1.59. The summed E-state index contributed by atoms with van der Waals surface area (Å²) in [6.07, 6.45) is 7.71. The SMILES string of the molecule is O=C(O)c1c(NC2CC=CC2)nc2ccccn12. The summed E-state index contributed by atoms with van der Waals surface area (Å²) in [7, 11) is 0. The van der Waals surface area contributed by atoms with Crippen LogP contribution in [0.2, 0.25) is 0 Å². The van der Waals surface area contributed by atoms with Crippen molar-refractivity contribution in [3.8, 4) is 0 Å². The van der Waals surface area contributed by atoms with E-state index in [0.717, 1.165) is 12.8 Å². The predicted molar refractivity (Wildman–Crippen MR) is 67.9 cm³/mol. The molecule has 0 unspecified atom stereocenters. The highest BCUT2D eigenvalue weighted by molar-refractivity contribution is 5.93. The number of anilines is 1. The van der Waals surface area contributed by atoms with Gasteiger partial charge in [-0.1, -0.05) is 18.2 Å². The molecule has 0 aromatic carbocycles. The Kier molecular flexibility index (Phi) is 2.51. The van der Waals surface area contributed by atoms with E-state index in [4.69, 9.17) is 0 Å². The molecule has 2 aromatic heterocycles. The van der Waals surface area contributed by atoms with Crippen LogP contribution in [0.15, 0.2) is 36.5 Å². The van der Waals surface area contributed by atoms with Gasteiger partial charge in [0.15, 0.2) is 11.5 Å². The Morgan fingerprint density at radius 3 is 2.89 bits per heavy atom.